The molecule has 0 radical (unpaired) electrons. The predicted molar refractivity (Wildman–Crippen MR) is 56.9 cm³/mol. The second kappa shape index (κ2) is 5.49. The molecule has 1 rings (SSSR count). The molecule has 0 atom stereocenters. The fourth-order valence-corrected chi connectivity index (χ4v) is 1.42. The molecule has 0 aliphatic rings. The van der Waals surface area contributed by atoms with Gasteiger partial charge >= 0.3 is 8.17 Å². The van der Waals surface area contributed by atoms with Gasteiger partial charge in [0.25, 0.3) is 0 Å². The maximum absolute atomic E-state index is 8.74. The first-order valence-electron chi connectivity index (χ1n) is 4.07. The van der Waals surface area contributed by atoms with Gasteiger partial charge in [-0.2, -0.15) is 14.7 Å². The van der Waals surface area contributed by atoms with Gasteiger partial charge in [-0.05, 0) is 12.1 Å². The molecule has 7 heteroatoms. The van der Waals surface area contributed by atoms with Crippen molar-refractivity contribution in [2.45, 2.75) is 0 Å². The predicted octanol–water partition coefficient (Wildman–Crippen LogP) is 1.34. The Kier molecular flexibility index (Phi) is 4.57. The third-order valence-corrected chi connectivity index (χ3v) is 2.00. The normalized spacial score (nSPS) is 11.2. The molecule has 0 unspecified atom stereocenters. The van der Waals surface area contributed by atoms with Crippen molar-refractivity contribution in [1.82, 2.24) is 0 Å². The van der Waals surface area contributed by atoms with Crippen molar-refractivity contribution in [3.05, 3.63) is 24.3 Å². The van der Waals surface area contributed by atoms with Gasteiger partial charge in [-0.25, -0.2) is 0 Å². The van der Waals surface area contributed by atoms with E-state index in [4.69, 9.17) is 31.0 Å². The van der Waals surface area contributed by atoms with Gasteiger partial charge in [0.05, 0.1) is 5.88 Å². The first-order valence-corrected chi connectivity index (χ1v) is 6.17. The number of halogens is 1. The lowest BCUT2D eigenvalue weighted by Gasteiger charge is -2.09. The minimum Gasteiger partial charge on any atom is -0.488 e. The van der Waals surface area contributed by atoms with E-state index in [1.807, 2.05) is 0 Å². The summed E-state index contributed by atoms with van der Waals surface area (Å²) in [5, 5.41) is 0. The van der Waals surface area contributed by atoms with Crippen LogP contribution in [0.15, 0.2) is 24.3 Å². The minimum atomic E-state index is -4.31. The lowest BCUT2D eigenvalue weighted by atomic mass is 10.3. The van der Waals surface area contributed by atoms with Crippen molar-refractivity contribution in [2.75, 3.05) is 12.5 Å². The quantitative estimate of drug-likeness (QED) is 0.545. The van der Waals surface area contributed by atoms with Crippen molar-refractivity contribution in [2.24, 2.45) is 0 Å². The molecular weight excluding hydrogens is 243 g/mol. The maximum Gasteiger partial charge on any atom is 0.614 e. The van der Waals surface area contributed by atoms with Crippen LogP contribution in [-0.2, 0) is 0 Å². The van der Waals surface area contributed by atoms with Crippen LogP contribution < -0.4 is 9.26 Å². The summed E-state index contributed by atoms with van der Waals surface area (Å²) in [6, 6.07) is 6.31. The molecule has 0 saturated carbocycles. The van der Waals surface area contributed by atoms with E-state index in [1.54, 1.807) is 18.2 Å². The van der Waals surface area contributed by atoms with E-state index in [0.717, 1.165) is 0 Å². The first-order chi connectivity index (χ1) is 7.03. The van der Waals surface area contributed by atoms with Gasteiger partial charge in [0, 0.05) is 0 Å². The number of benzene rings is 1. The number of rotatable bonds is 5. The van der Waals surface area contributed by atoms with Gasteiger partial charge < -0.3 is 4.74 Å². The topological polar surface area (TPSA) is 79.2 Å². The van der Waals surface area contributed by atoms with Crippen LogP contribution in [0.1, 0.15) is 0 Å². The Morgan fingerprint density at radius 1 is 1.13 bits per heavy atom. The summed E-state index contributed by atoms with van der Waals surface area (Å²) in [4.78, 5) is 26.2. The summed E-state index contributed by atoms with van der Waals surface area (Å²) in [5.74, 6) is 0.648. The highest BCUT2D eigenvalue weighted by Crippen LogP contribution is 2.48. The fraction of sp³-hybridized carbons (Fsp3) is 0.250. The highest BCUT2D eigenvalue weighted by Gasteiger charge is 2.36. The zero-order valence-corrected chi connectivity index (χ0v) is 9.36. The van der Waals surface area contributed by atoms with Crippen LogP contribution in [-0.4, -0.2) is 27.2 Å². The molecule has 1 aromatic carbocycles. The Labute approximate surface area is 92.5 Å². The highest BCUT2D eigenvalue weighted by molar-refractivity contribution is 7.53. The van der Waals surface area contributed by atoms with Gasteiger partial charge in [0.2, 0.25) is 5.75 Å². The van der Waals surface area contributed by atoms with Crippen molar-refractivity contribution in [3.8, 4) is 11.5 Å². The zero-order chi connectivity index (χ0) is 11.3. The van der Waals surface area contributed by atoms with E-state index in [0.29, 0.717) is 11.6 Å². The molecule has 15 heavy (non-hydrogen) atoms. The summed E-state index contributed by atoms with van der Waals surface area (Å²) in [6.45, 7) is 0.260. The maximum atomic E-state index is 8.74. The van der Waals surface area contributed by atoms with Gasteiger partial charge in [-0.1, -0.05) is 12.1 Å². The van der Waals surface area contributed by atoms with E-state index in [9.17, 15) is 0 Å². The van der Waals surface area contributed by atoms with Gasteiger partial charge in [0.15, 0.2) is 5.75 Å². The SMILES string of the molecule is O[P+](O)(O)Oc1ccccc1OCCCl. The average molecular weight is 254 g/mol. The second-order valence-corrected chi connectivity index (χ2v) is 4.18. The summed E-state index contributed by atoms with van der Waals surface area (Å²) < 4.78 is 9.70. The number of alkyl halides is 1. The van der Waals surface area contributed by atoms with Crippen LogP contribution in [0.5, 0.6) is 11.5 Å². The number of para-hydroxylation sites is 2. The van der Waals surface area contributed by atoms with Crippen molar-refractivity contribution in [3.63, 3.8) is 0 Å². The van der Waals surface area contributed by atoms with E-state index >= 15 is 0 Å². The molecule has 0 fully saturated rings. The van der Waals surface area contributed by atoms with Gasteiger partial charge in [-0.15, -0.1) is 11.6 Å². The molecule has 0 saturated heterocycles. The molecule has 0 spiro atoms. The van der Waals surface area contributed by atoms with Gasteiger partial charge in [0.1, 0.15) is 6.61 Å². The Balaban J connectivity index is 2.77. The second-order valence-electron chi connectivity index (χ2n) is 2.59. The Bertz CT molecular complexity index is 314. The first kappa shape index (κ1) is 12.5. The molecular formula is C8H11ClO5P+. The van der Waals surface area contributed by atoms with E-state index in [1.165, 1.54) is 6.07 Å². The fourth-order valence-electron chi connectivity index (χ4n) is 0.925. The van der Waals surface area contributed by atoms with Crippen molar-refractivity contribution in [1.29, 1.82) is 0 Å². The summed E-state index contributed by atoms with van der Waals surface area (Å²) >= 11 is 5.43. The largest absolute Gasteiger partial charge is 0.614 e. The molecule has 84 valence electrons. The molecule has 5 nitrogen and oxygen atoms in total. The summed E-state index contributed by atoms with van der Waals surface area (Å²) in [6.07, 6.45) is 0. The molecule has 0 amide bonds. The van der Waals surface area contributed by atoms with Gasteiger partial charge in [-0.3, -0.25) is 4.52 Å². The molecule has 0 aromatic heterocycles. The number of ether oxygens (including phenoxy) is 1. The number of hydrogen-bond acceptors (Lipinski definition) is 5. The molecule has 1 aromatic rings. The molecule has 0 bridgehead atoms. The molecule has 3 N–H and O–H groups in total. The number of hydrogen-bond donors (Lipinski definition) is 3. The smallest absolute Gasteiger partial charge is 0.488 e. The Morgan fingerprint density at radius 2 is 1.73 bits per heavy atom. The zero-order valence-electron chi connectivity index (χ0n) is 7.71. The highest BCUT2D eigenvalue weighted by atomic mass is 35.5. The molecule has 0 heterocycles. The Morgan fingerprint density at radius 3 is 2.27 bits per heavy atom. The standard InChI is InChI=1S/C8H11ClO5P/c9-5-6-13-7-3-1-2-4-8(7)14-15(10,11)12/h1-4,10-12H,5-6H2/q+1. The average Bonchev–Trinajstić information content (AvgIpc) is 2.14. The summed E-state index contributed by atoms with van der Waals surface area (Å²) in [5.41, 5.74) is 0. The van der Waals surface area contributed by atoms with E-state index in [2.05, 4.69) is 4.52 Å². The van der Waals surface area contributed by atoms with Crippen molar-refractivity contribution < 1.29 is 23.9 Å². The lowest BCUT2D eigenvalue weighted by Crippen LogP contribution is -2.02. The third-order valence-electron chi connectivity index (χ3n) is 1.40. The molecule has 0 aliphatic carbocycles. The monoisotopic (exact) mass is 253 g/mol. The van der Waals surface area contributed by atoms with Crippen LogP contribution in [0.4, 0.5) is 0 Å². The minimum absolute atomic E-state index is 0.0588. The van der Waals surface area contributed by atoms with Crippen LogP contribution in [0.3, 0.4) is 0 Å². The molecule has 0 aliphatic heterocycles. The lowest BCUT2D eigenvalue weighted by molar-refractivity contribution is 0.231. The third kappa shape index (κ3) is 4.64. The summed E-state index contributed by atoms with van der Waals surface area (Å²) in [7, 11) is -4.31. The van der Waals surface area contributed by atoms with Crippen molar-refractivity contribution >= 4 is 19.8 Å². The van der Waals surface area contributed by atoms with Crippen LogP contribution >= 0.6 is 19.8 Å². The van der Waals surface area contributed by atoms with E-state index in [-0.39, 0.29) is 12.4 Å². The van der Waals surface area contributed by atoms with Crippen LogP contribution in [0.2, 0.25) is 0 Å². The van der Waals surface area contributed by atoms with Crippen LogP contribution in [0.25, 0.3) is 0 Å². The Hall–Kier alpha value is -0.580. The van der Waals surface area contributed by atoms with E-state index < -0.39 is 8.17 Å². The van der Waals surface area contributed by atoms with Crippen LogP contribution in [0, 0.1) is 0 Å².